The first-order valence-electron chi connectivity index (χ1n) is 7.34. The summed E-state index contributed by atoms with van der Waals surface area (Å²) in [7, 11) is 5.67. The molecular formula is C19H25BO. The molecule has 1 atom stereocenters. The Morgan fingerprint density at radius 2 is 2.00 bits per heavy atom. The van der Waals surface area contributed by atoms with Crippen LogP contribution in [0.2, 0.25) is 0 Å². The molecule has 0 saturated carbocycles. The van der Waals surface area contributed by atoms with Crippen molar-refractivity contribution in [3.05, 3.63) is 70.7 Å². The minimum atomic E-state index is 0.437. The zero-order valence-electron chi connectivity index (χ0n) is 13.9. The molecule has 2 radical (unpaired) electrons. The van der Waals surface area contributed by atoms with E-state index in [1.165, 1.54) is 16.7 Å². The first-order chi connectivity index (χ1) is 9.85. The van der Waals surface area contributed by atoms with Crippen molar-refractivity contribution in [3.8, 4) is 0 Å². The Balaban J connectivity index is 2.85. The summed E-state index contributed by atoms with van der Waals surface area (Å²) >= 11 is 0. The van der Waals surface area contributed by atoms with Crippen molar-refractivity contribution in [3.63, 3.8) is 0 Å². The van der Waals surface area contributed by atoms with Crippen LogP contribution in [0.25, 0.3) is 0 Å². The standard InChI is InChI=1S/C19H25BO/c1-7-18(9-8-15(4)20)14(3)10-13(2)11-19-12-21-17(6)16(19)5/h7-10,12-13H,1,11H2,2-6H3/b14-10+,15-8+,18-9+. The van der Waals surface area contributed by atoms with E-state index >= 15 is 0 Å². The molecule has 0 aliphatic heterocycles. The second-order valence-corrected chi connectivity index (χ2v) is 5.71. The number of hydrogen-bond acceptors (Lipinski definition) is 1. The minimum absolute atomic E-state index is 0.437. The van der Waals surface area contributed by atoms with Crippen LogP contribution in [0.4, 0.5) is 0 Å². The molecule has 1 rings (SSSR count). The molecule has 0 aliphatic carbocycles. The molecule has 0 fully saturated rings. The number of rotatable bonds is 6. The van der Waals surface area contributed by atoms with Gasteiger partial charge in [0, 0.05) is 0 Å². The molecule has 0 aliphatic rings. The molecule has 1 aromatic rings. The highest BCUT2D eigenvalue weighted by Gasteiger charge is 2.09. The van der Waals surface area contributed by atoms with Gasteiger partial charge in [0.25, 0.3) is 0 Å². The van der Waals surface area contributed by atoms with E-state index in [2.05, 4.69) is 33.4 Å². The maximum absolute atomic E-state index is 5.67. The van der Waals surface area contributed by atoms with Gasteiger partial charge >= 0.3 is 0 Å². The molecule has 1 nitrogen and oxygen atoms in total. The van der Waals surface area contributed by atoms with Crippen molar-refractivity contribution in [1.29, 1.82) is 0 Å². The van der Waals surface area contributed by atoms with E-state index in [4.69, 9.17) is 12.3 Å². The molecule has 0 N–H and O–H groups in total. The molecule has 1 heterocycles. The van der Waals surface area contributed by atoms with Crippen molar-refractivity contribution in [2.24, 2.45) is 5.92 Å². The summed E-state index contributed by atoms with van der Waals surface area (Å²) < 4.78 is 5.46. The monoisotopic (exact) mass is 280 g/mol. The number of furan rings is 1. The number of aryl methyl sites for hydroxylation is 1. The van der Waals surface area contributed by atoms with Gasteiger partial charge in [0.15, 0.2) is 0 Å². The lowest BCUT2D eigenvalue weighted by Crippen LogP contribution is -1.98. The zero-order chi connectivity index (χ0) is 16.0. The fraction of sp³-hybridized carbons (Fsp3) is 0.368. The van der Waals surface area contributed by atoms with E-state index in [-0.39, 0.29) is 0 Å². The van der Waals surface area contributed by atoms with E-state index < -0.39 is 0 Å². The van der Waals surface area contributed by atoms with Crippen molar-refractivity contribution in [2.45, 2.75) is 41.0 Å². The van der Waals surface area contributed by atoms with E-state index in [9.17, 15) is 0 Å². The van der Waals surface area contributed by atoms with Crippen molar-refractivity contribution in [1.82, 2.24) is 0 Å². The van der Waals surface area contributed by atoms with Crippen LogP contribution in [-0.4, -0.2) is 7.85 Å². The molecule has 0 aromatic carbocycles. The Morgan fingerprint density at radius 1 is 1.33 bits per heavy atom. The number of hydrogen-bond donors (Lipinski definition) is 0. The summed E-state index contributed by atoms with van der Waals surface area (Å²) in [5.41, 5.74) is 5.65. The van der Waals surface area contributed by atoms with Gasteiger partial charge in [0.1, 0.15) is 13.6 Å². The molecular weight excluding hydrogens is 255 g/mol. The van der Waals surface area contributed by atoms with Crippen molar-refractivity contribution >= 4 is 7.85 Å². The van der Waals surface area contributed by atoms with Gasteiger partial charge < -0.3 is 4.42 Å². The van der Waals surface area contributed by atoms with Gasteiger partial charge in [-0.2, -0.15) is 0 Å². The van der Waals surface area contributed by atoms with Crippen molar-refractivity contribution < 1.29 is 4.42 Å². The average Bonchev–Trinajstić information content (AvgIpc) is 2.71. The van der Waals surface area contributed by atoms with Crippen LogP contribution < -0.4 is 0 Å². The van der Waals surface area contributed by atoms with E-state index in [0.29, 0.717) is 5.92 Å². The summed E-state index contributed by atoms with van der Waals surface area (Å²) in [4.78, 5) is 0. The third-order valence-electron chi connectivity index (χ3n) is 3.67. The normalized spacial score (nSPS) is 15.2. The summed E-state index contributed by atoms with van der Waals surface area (Å²) in [5.74, 6) is 1.44. The molecule has 2 heteroatoms. The van der Waals surface area contributed by atoms with E-state index in [0.717, 1.165) is 23.2 Å². The first-order valence-corrected chi connectivity index (χ1v) is 7.34. The van der Waals surface area contributed by atoms with Crippen molar-refractivity contribution in [2.75, 3.05) is 0 Å². The first kappa shape index (κ1) is 17.4. The zero-order valence-corrected chi connectivity index (χ0v) is 13.9. The quantitative estimate of drug-likeness (QED) is 0.515. The molecule has 0 spiro atoms. The summed E-state index contributed by atoms with van der Waals surface area (Å²) in [6.45, 7) is 14.2. The largest absolute Gasteiger partial charge is 0.469 e. The maximum Gasteiger partial charge on any atom is 0.107 e. The van der Waals surface area contributed by atoms with Gasteiger partial charge in [-0.1, -0.05) is 44.7 Å². The SMILES string of the molecule is [B]/C(C)=C/C=C(C=C)/C(C)=C/C(C)Cc1coc(C)c1C. The van der Waals surface area contributed by atoms with Crippen LogP contribution in [-0.2, 0) is 6.42 Å². The average molecular weight is 280 g/mol. The third kappa shape index (κ3) is 5.30. The number of allylic oxidation sites excluding steroid dienone is 7. The van der Waals surface area contributed by atoms with Crippen LogP contribution in [0.5, 0.6) is 0 Å². The molecule has 0 saturated heterocycles. The van der Waals surface area contributed by atoms with Crippen LogP contribution in [0, 0.1) is 19.8 Å². The Labute approximate surface area is 130 Å². The fourth-order valence-corrected chi connectivity index (χ4v) is 2.27. The second-order valence-electron chi connectivity index (χ2n) is 5.71. The van der Waals surface area contributed by atoms with Gasteiger partial charge in [0.05, 0.1) is 6.26 Å². The Morgan fingerprint density at radius 3 is 2.48 bits per heavy atom. The van der Waals surface area contributed by atoms with Gasteiger partial charge in [-0.3, -0.25) is 0 Å². The molecule has 1 unspecified atom stereocenters. The summed E-state index contributed by atoms with van der Waals surface area (Å²) in [6, 6.07) is 0. The third-order valence-corrected chi connectivity index (χ3v) is 3.67. The highest BCUT2D eigenvalue weighted by Crippen LogP contribution is 2.21. The lowest BCUT2D eigenvalue weighted by molar-refractivity contribution is 0.528. The lowest BCUT2D eigenvalue weighted by Gasteiger charge is -2.09. The smallest absolute Gasteiger partial charge is 0.107 e. The molecule has 110 valence electrons. The summed E-state index contributed by atoms with van der Waals surface area (Å²) in [5, 5.41) is 0. The predicted octanol–water partition coefficient (Wildman–Crippen LogP) is 5.21. The van der Waals surface area contributed by atoms with E-state index in [1.54, 1.807) is 0 Å². The van der Waals surface area contributed by atoms with Gasteiger partial charge in [-0.25, -0.2) is 0 Å². The maximum atomic E-state index is 5.67. The van der Waals surface area contributed by atoms with Crippen LogP contribution in [0.15, 0.2) is 58.2 Å². The Kier molecular flexibility index (Phi) is 6.55. The summed E-state index contributed by atoms with van der Waals surface area (Å²) in [6.07, 6.45) is 10.9. The molecule has 0 amide bonds. The molecule has 21 heavy (non-hydrogen) atoms. The predicted molar refractivity (Wildman–Crippen MR) is 92.6 cm³/mol. The molecule has 1 aromatic heterocycles. The van der Waals surface area contributed by atoms with Gasteiger partial charge in [0.2, 0.25) is 0 Å². The van der Waals surface area contributed by atoms with Gasteiger partial charge in [-0.15, -0.1) is 5.47 Å². The lowest BCUT2D eigenvalue weighted by atomic mass is 9.94. The highest BCUT2D eigenvalue weighted by molar-refractivity contribution is 6.21. The minimum Gasteiger partial charge on any atom is -0.469 e. The fourth-order valence-electron chi connectivity index (χ4n) is 2.27. The Hall–Kier alpha value is -1.70. The van der Waals surface area contributed by atoms with Crippen LogP contribution in [0.3, 0.4) is 0 Å². The topological polar surface area (TPSA) is 13.1 Å². The van der Waals surface area contributed by atoms with E-state index in [1.807, 2.05) is 38.3 Å². The van der Waals surface area contributed by atoms with Crippen LogP contribution in [0.1, 0.15) is 37.7 Å². The molecule has 0 bridgehead atoms. The second kappa shape index (κ2) is 7.92. The highest BCUT2D eigenvalue weighted by atomic mass is 16.3. The Bertz CT molecular complexity index is 581. The van der Waals surface area contributed by atoms with Crippen LogP contribution >= 0.6 is 0 Å². The van der Waals surface area contributed by atoms with Gasteiger partial charge in [-0.05, 0) is 55.4 Å².